The van der Waals surface area contributed by atoms with Crippen LogP contribution < -0.4 is 0 Å². The highest BCUT2D eigenvalue weighted by Gasteiger charge is 2.09. The van der Waals surface area contributed by atoms with Crippen molar-refractivity contribution in [2.24, 2.45) is 0 Å². The third-order valence-corrected chi connectivity index (χ3v) is 1.23. The molecule has 50 valence electrons. The van der Waals surface area contributed by atoms with Crippen molar-refractivity contribution in [2.75, 3.05) is 0 Å². The molecule has 1 heterocycles. The van der Waals surface area contributed by atoms with E-state index in [4.69, 9.17) is 1.37 Å². The number of nitrogens with zero attached hydrogens (tertiary/aromatic N) is 2. The number of hydrogen-bond donors (Lipinski definition) is 0. The van der Waals surface area contributed by atoms with Gasteiger partial charge in [0, 0.05) is 17.9 Å². The van der Waals surface area contributed by atoms with Crippen molar-refractivity contribution in [1.82, 2.24) is 9.55 Å². The van der Waals surface area contributed by atoms with Crippen molar-refractivity contribution in [3.05, 3.63) is 18.7 Å². The Hall–Kier alpha value is -0.790. The lowest BCUT2D eigenvalue weighted by molar-refractivity contribution is 0.396. The first kappa shape index (κ1) is 5.03. The van der Waals surface area contributed by atoms with E-state index in [1.165, 1.54) is 0 Å². The van der Waals surface area contributed by atoms with Gasteiger partial charge in [-0.1, -0.05) is 0 Å². The van der Waals surface area contributed by atoms with E-state index in [2.05, 4.69) is 25.8 Å². The van der Waals surface area contributed by atoms with Crippen molar-refractivity contribution in [1.29, 1.82) is 0 Å². The van der Waals surface area contributed by atoms with Crippen LogP contribution in [-0.2, 0) is 5.54 Å². The first-order chi connectivity index (χ1) is 4.50. The Kier molecular flexibility index (Phi) is 1.04. The molecule has 0 aliphatic carbocycles. The average Bonchev–Trinajstić information content (AvgIpc) is 2.11. The average molecular weight is 125 g/mol. The maximum absolute atomic E-state index is 7.16. The largest absolute Gasteiger partial charge is 0.332 e. The van der Waals surface area contributed by atoms with Crippen molar-refractivity contribution in [2.45, 2.75) is 26.3 Å². The van der Waals surface area contributed by atoms with Crippen molar-refractivity contribution >= 4 is 0 Å². The smallest absolute Gasteiger partial charge is 0.0950 e. The van der Waals surface area contributed by atoms with Gasteiger partial charge in [-0.3, -0.25) is 0 Å². The summed E-state index contributed by atoms with van der Waals surface area (Å²) in [6.45, 7) is 6.23. The second-order valence-electron chi connectivity index (χ2n) is 3.08. The summed E-state index contributed by atoms with van der Waals surface area (Å²) in [6, 6.07) is 0. The Labute approximate surface area is 56.9 Å². The molecule has 0 spiro atoms. The number of imidazole rings is 1. The highest BCUT2D eigenvalue weighted by atomic mass is 15.1. The summed E-state index contributed by atoms with van der Waals surface area (Å²) in [7, 11) is 0. The van der Waals surface area contributed by atoms with Crippen LogP contribution in [0.4, 0.5) is 0 Å². The van der Waals surface area contributed by atoms with Crippen LogP contribution in [0, 0.1) is 0 Å². The van der Waals surface area contributed by atoms with Crippen LogP contribution in [0.3, 0.4) is 0 Å². The van der Waals surface area contributed by atoms with Crippen molar-refractivity contribution < 1.29 is 1.37 Å². The molecular formula is C7H12N2. The number of aromatic nitrogens is 2. The second kappa shape index (κ2) is 1.87. The molecule has 0 radical (unpaired) electrons. The summed E-state index contributed by atoms with van der Waals surface area (Å²) < 4.78 is 9.09. The fourth-order valence-electron chi connectivity index (χ4n) is 0.591. The maximum Gasteiger partial charge on any atom is 0.0950 e. The molecule has 0 amide bonds. The van der Waals surface area contributed by atoms with Gasteiger partial charge >= 0.3 is 0 Å². The molecule has 2 nitrogen and oxygen atoms in total. The van der Waals surface area contributed by atoms with E-state index >= 15 is 0 Å². The minimum Gasteiger partial charge on any atom is -0.332 e. The summed E-state index contributed by atoms with van der Waals surface area (Å²) in [5.41, 5.74) is 0.0479. The zero-order valence-corrected chi connectivity index (χ0v) is 6.05. The lowest BCUT2D eigenvalue weighted by Crippen LogP contribution is -2.19. The molecule has 0 atom stereocenters. The quantitative estimate of drug-likeness (QED) is 0.515. The Bertz CT molecular complexity index is 222. The lowest BCUT2D eigenvalue weighted by atomic mass is 10.1. The SMILES string of the molecule is [2H]c1cn(C(C)(C)C)cn1. The third kappa shape index (κ3) is 1.31. The summed E-state index contributed by atoms with van der Waals surface area (Å²) >= 11 is 0. The van der Waals surface area contributed by atoms with E-state index in [9.17, 15) is 0 Å². The zero-order chi connectivity index (χ0) is 7.78. The van der Waals surface area contributed by atoms with Gasteiger partial charge in [0.05, 0.1) is 7.70 Å². The van der Waals surface area contributed by atoms with Gasteiger partial charge in [-0.15, -0.1) is 0 Å². The molecule has 1 aromatic heterocycles. The third-order valence-electron chi connectivity index (χ3n) is 1.23. The molecule has 1 rings (SSSR count). The Morgan fingerprint density at radius 1 is 1.56 bits per heavy atom. The lowest BCUT2D eigenvalue weighted by Gasteiger charge is -2.19. The zero-order valence-electron chi connectivity index (χ0n) is 7.05. The summed E-state index contributed by atoms with van der Waals surface area (Å²) in [5.74, 6) is 0. The molecule has 9 heavy (non-hydrogen) atoms. The van der Waals surface area contributed by atoms with Crippen LogP contribution in [0.1, 0.15) is 22.1 Å². The highest BCUT2D eigenvalue weighted by Crippen LogP contribution is 2.11. The maximum atomic E-state index is 7.16. The van der Waals surface area contributed by atoms with Gasteiger partial charge in [0.15, 0.2) is 0 Å². The molecule has 0 aliphatic rings. The molecule has 0 unspecified atom stereocenters. The van der Waals surface area contributed by atoms with Crippen LogP contribution >= 0.6 is 0 Å². The standard InChI is InChI=1S/C7H12N2/c1-7(2,3)9-5-4-8-6-9/h4-6H,1-3H3/i4D. The van der Waals surface area contributed by atoms with Crippen LogP contribution in [0.2, 0.25) is 0 Å². The van der Waals surface area contributed by atoms with Gasteiger partial charge in [0.2, 0.25) is 0 Å². The number of rotatable bonds is 0. The van der Waals surface area contributed by atoms with Gasteiger partial charge < -0.3 is 4.57 Å². The van der Waals surface area contributed by atoms with Crippen LogP contribution in [-0.4, -0.2) is 9.55 Å². The van der Waals surface area contributed by atoms with Gasteiger partial charge in [-0.25, -0.2) is 4.98 Å². The molecule has 2 heteroatoms. The summed E-state index contributed by atoms with van der Waals surface area (Å²) in [5, 5.41) is 0. The highest BCUT2D eigenvalue weighted by molar-refractivity contribution is 4.82. The van der Waals surface area contributed by atoms with Gasteiger partial charge in [-0.2, -0.15) is 0 Å². The predicted octanol–water partition coefficient (Wildman–Crippen LogP) is 1.64. The van der Waals surface area contributed by atoms with Crippen LogP contribution in [0.25, 0.3) is 0 Å². The Morgan fingerprint density at radius 3 is 2.44 bits per heavy atom. The molecule has 0 aromatic carbocycles. The van der Waals surface area contributed by atoms with Crippen molar-refractivity contribution in [3.63, 3.8) is 0 Å². The molecule has 0 saturated heterocycles. The fraction of sp³-hybridized carbons (Fsp3) is 0.571. The molecule has 1 aromatic rings. The first-order valence-electron chi connectivity index (χ1n) is 3.51. The first-order valence-corrected chi connectivity index (χ1v) is 3.01. The van der Waals surface area contributed by atoms with Gasteiger partial charge in [0.25, 0.3) is 0 Å². The van der Waals surface area contributed by atoms with E-state index in [-0.39, 0.29) is 5.54 Å². The Morgan fingerprint density at radius 2 is 2.22 bits per heavy atom. The van der Waals surface area contributed by atoms with Crippen molar-refractivity contribution in [3.8, 4) is 0 Å². The van der Waals surface area contributed by atoms with Crippen LogP contribution in [0.15, 0.2) is 18.7 Å². The second-order valence-corrected chi connectivity index (χ2v) is 3.08. The minimum absolute atomic E-state index is 0.0479. The molecule has 0 fully saturated rings. The van der Waals surface area contributed by atoms with E-state index in [1.807, 2.05) is 4.57 Å². The fourth-order valence-corrected chi connectivity index (χ4v) is 0.591. The van der Waals surface area contributed by atoms with Gasteiger partial charge in [0.1, 0.15) is 0 Å². The van der Waals surface area contributed by atoms with E-state index in [0.29, 0.717) is 6.17 Å². The van der Waals surface area contributed by atoms with E-state index < -0.39 is 0 Å². The molecule has 0 saturated carbocycles. The Balaban J connectivity index is 2.96. The topological polar surface area (TPSA) is 17.8 Å². The molecule has 0 aliphatic heterocycles. The van der Waals surface area contributed by atoms with E-state index in [0.717, 1.165) is 0 Å². The summed E-state index contributed by atoms with van der Waals surface area (Å²) in [4.78, 5) is 3.81. The summed E-state index contributed by atoms with van der Waals surface area (Å²) in [6.07, 6.45) is 3.73. The molecule has 0 N–H and O–H groups in total. The molecular weight excluding hydrogens is 112 g/mol. The monoisotopic (exact) mass is 125 g/mol. The van der Waals surface area contributed by atoms with E-state index in [1.54, 1.807) is 12.5 Å². The van der Waals surface area contributed by atoms with Gasteiger partial charge in [-0.05, 0) is 20.8 Å². The predicted molar refractivity (Wildman–Crippen MR) is 37.2 cm³/mol. The molecule has 0 bridgehead atoms. The normalized spacial score (nSPS) is 13.4. The minimum atomic E-state index is 0.0479. The number of hydrogen-bond acceptors (Lipinski definition) is 1. The van der Waals surface area contributed by atoms with Crippen LogP contribution in [0.5, 0.6) is 0 Å².